The molecule has 0 amide bonds. The molecular formula is C15H26N4O. The number of aromatic nitrogens is 2. The van der Waals surface area contributed by atoms with E-state index in [2.05, 4.69) is 34.0 Å². The molecule has 2 heterocycles. The van der Waals surface area contributed by atoms with Gasteiger partial charge in [0.25, 0.3) is 5.56 Å². The standard InChI is InChI=1S/C15H26N4O/c1-4-13-17-14(9-15(20)18-13)19-8-6-7-12(10-19)11(3)16-5-2/h9,11-12,16H,4-8,10H2,1-3H3,(H,17,18,20). The summed E-state index contributed by atoms with van der Waals surface area (Å²) in [6.07, 6.45) is 3.17. The normalized spacial score (nSPS) is 20.9. The summed E-state index contributed by atoms with van der Waals surface area (Å²) in [5, 5.41) is 3.51. The quantitative estimate of drug-likeness (QED) is 0.858. The number of nitrogens with zero attached hydrogens (tertiary/aromatic N) is 2. The van der Waals surface area contributed by atoms with Crippen LogP contribution in [-0.2, 0) is 6.42 Å². The van der Waals surface area contributed by atoms with Crippen molar-refractivity contribution in [3.05, 3.63) is 22.2 Å². The van der Waals surface area contributed by atoms with Crippen LogP contribution < -0.4 is 15.8 Å². The molecule has 2 N–H and O–H groups in total. The molecule has 1 aromatic heterocycles. The average Bonchev–Trinajstić information content (AvgIpc) is 2.47. The molecule has 2 unspecified atom stereocenters. The number of aryl methyl sites for hydroxylation is 1. The van der Waals surface area contributed by atoms with E-state index in [1.54, 1.807) is 6.07 Å². The van der Waals surface area contributed by atoms with Gasteiger partial charge in [-0.3, -0.25) is 4.79 Å². The highest BCUT2D eigenvalue weighted by atomic mass is 16.1. The summed E-state index contributed by atoms with van der Waals surface area (Å²) in [6.45, 7) is 9.38. The third-order valence-corrected chi connectivity index (χ3v) is 4.13. The largest absolute Gasteiger partial charge is 0.356 e. The van der Waals surface area contributed by atoms with Crippen LogP contribution in [0.3, 0.4) is 0 Å². The predicted octanol–water partition coefficient (Wildman–Crippen LogP) is 1.55. The summed E-state index contributed by atoms with van der Waals surface area (Å²) < 4.78 is 0. The first-order chi connectivity index (χ1) is 9.63. The minimum Gasteiger partial charge on any atom is -0.356 e. The molecular weight excluding hydrogens is 252 g/mol. The molecule has 0 aliphatic carbocycles. The van der Waals surface area contributed by atoms with Crippen LogP contribution in [0.5, 0.6) is 0 Å². The first kappa shape index (κ1) is 15.0. The van der Waals surface area contributed by atoms with Crippen molar-refractivity contribution < 1.29 is 0 Å². The van der Waals surface area contributed by atoms with Crippen molar-refractivity contribution in [2.45, 2.75) is 46.1 Å². The van der Waals surface area contributed by atoms with Crippen molar-refractivity contribution in [2.24, 2.45) is 5.92 Å². The van der Waals surface area contributed by atoms with Gasteiger partial charge in [0.15, 0.2) is 0 Å². The second-order valence-electron chi connectivity index (χ2n) is 5.60. The number of rotatable bonds is 5. The molecule has 112 valence electrons. The van der Waals surface area contributed by atoms with E-state index in [-0.39, 0.29) is 5.56 Å². The summed E-state index contributed by atoms with van der Waals surface area (Å²) in [5.41, 5.74) is -0.0475. The second-order valence-corrected chi connectivity index (χ2v) is 5.60. The van der Waals surface area contributed by atoms with Crippen molar-refractivity contribution in [1.29, 1.82) is 0 Å². The van der Waals surface area contributed by atoms with Crippen LogP contribution >= 0.6 is 0 Å². The lowest BCUT2D eigenvalue weighted by Crippen LogP contribution is -2.45. The number of hydrogen-bond acceptors (Lipinski definition) is 4. The summed E-state index contributed by atoms with van der Waals surface area (Å²) in [4.78, 5) is 21.3. The maximum absolute atomic E-state index is 11.7. The highest BCUT2D eigenvalue weighted by molar-refractivity contribution is 5.38. The van der Waals surface area contributed by atoms with E-state index in [0.717, 1.165) is 44.1 Å². The van der Waals surface area contributed by atoms with E-state index in [1.807, 2.05) is 6.92 Å². The van der Waals surface area contributed by atoms with E-state index in [0.29, 0.717) is 12.0 Å². The molecule has 0 saturated carbocycles. The van der Waals surface area contributed by atoms with E-state index in [4.69, 9.17) is 0 Å². The Morgan fingerprint density at radius 2 is 2.35 bits per heavy atom. The van der Waals surface area contributed by atoms with Crippen LogP contribution in [-0.4, -0.2) is 35.6 Å². The first-order valence-electron chi connectivity index (χ1n) is 7.72. The molecule has 0 spiro atoms. The van der Waals surface area contributed by atoms with E-state index < -0.39 is 0 Å². The van der Waals surface area contributed by atoms with Gasteiger partial charge < -0.3 is 15.2 Å². The molecule has 20 heavy (non-hydrogen) atoms. The molecule has 1 aliphatic heterocycles. The molecule has 5 nitrogen and oxygen atoms in total. The lowest BCUT2D eigenvalue weighted by atomic mass is 9.91. The van der Waals surface area contributed by atoms with Gasteiger partial charge in [0.1, 0.15) is 11.6 Å². The Balaban J connectivity index is 2.12. The molecule has 1 aromatic rings. The number of piperidine rings is 1. The zero-order chi connectivity index (χ0) is 14.5. The minimum absolute atomic E-state index is 0.0475. The Kier molecular flexibility index (Phi) is 5.17. The molecule has 5 heteroatoms. The number of aromatic amines is 1. The Hall–Kier alpha value is -1.36. The van der Waals surface area contributed by atoms with Crippen molar-refractivity contribution in [3.63, 3.8) is 0 Å². The van der Waals surface area contributed by atoms with Crippen LogP contribution in [0.4, 0.5) is 5.82 Å². The first-order valence-corrected chi connectivity index (χ1v) is 7.72. The van der Waals surface area contributed by atoms with E-state index in [9.17, 15) is 4.79 Å². The molecule has 1 saturated heterocycles. The van der Waals surface area contributed by atoms with Crippen LogP contribution in [0.2, 0.25) is 0 Å². The molecule has 0 aromatic carbocycles. The summed E-state index contributed by atoms with van der Waals surface area (Å²) in [7, 11) is 0. The number of hydrogen-bond donors (Lipinski definition) is 2. The smallest absolute Gasteiger partial charge is 0.252 e. The zero-order valence-corrected chi connectivity index (χ0v) is 12.8. The Bertz CT molecular complexity index is 485. The van der Waals surface area contributed by atoms with Gasteiger partial charge in [0.2, 0.25) is 0 Å². The van der Waals surface area contributed by atoms with Crippen molar-refractivity contribution >= 4 is 5.82 Å². The van der Waals surface area contributed by atoms with Gasteiger partial charge in [-0.25, -0.2) is 4.98 Å². The third-order valence-electron chi connectivity index (χ3n) is 4.13. The Morgan fingerprint density at radius 3 is 3.05 bits per heavy atom. The summed E-state index contributed by atoms with van der Waals surface area (Å²) >= 11 is 0. The van der Waals surface area contributed by atoms with Crippen molar-refractivity contribution in [1.82, 2.24) is 15.3 Å². The maximum Gasteiger partial charge on any atom is 0.252 e. The third kappa shape index (κ3) is 3.60. The lowest BCUT2D eigenvalue weighted by molar-refractivity contribution is 0.323. The van der Waals surface area contributed by atoms with Crippen molar-refractivity contribution in [2.75, 3.05) is 24.5 Å². The van der Waals surface area contributed by atoms with Gasteiger partial charge in [0.05, 0.1) is 0 Å². The highest BCUT2D eigenvalue weighted by Crippen LogP contribution is 2.23. The topological polar surface area (TPSA) is 61.0 Å². The Labute approximate surface area is 120 Å². The molecule has 0 bridgehead atoms. The maximum atomic E-state index is 11.7. The molecule has 1 aliphatic rings. The van der Waals surface area contributed by atoms with Gasteiger partial charge in [0, 0.05) is 31.6 Å². The van der Waals surface area contributed by atoms with Gasteiger partial charge >= 0.3 is 0 Å². The van der Waals surface area contributed by atoms with Gasteiger partial charge in [-0.2, -0.15) is 0 Å². The molecule has 2 rings (SSSR count). The van der Waals surface area contributed by atoms with Gasteiger partial charge in [-0.05, 0) is 32.2 Å². The number of anilines is 1. The monoisotopic (exact) mass is 278 g/mol. The minimum atomic E-state index is -0.0475. The predicted molar refractivity (Wildman–Crippen MR) is 82.3 cm³/mol. The fourth-order valence-corrected chi connectivity index (χ4v) is 2.94. The number of H-pyrrole nitrogens is 1. The van der Waals surface area contributed by atoms with E-state index >= 15 is 0 Å². The number of nitrogens with one attached hydrogen (secondary N) is 2. The SMILES string of the molecule is CCNC(C)C1CCCN(c2cc(=O)[nH]c(CC)n2)C1. The fourth-order valence-electron chi connectivity index (χ4n) is 2.94. The molecule has 2 atom stereocenters. The lowest BCUT2D eigenvalue weighted by Gasteiger charge is -2.36. The van der Waals surface area contributed by atoms with E-state index in [1.165, 1.54) is 6.42 Å². The summed E-state index contributed by atoms with van der Waals surface area (Å²) in [6, 6.07) is 2.13. The molecule has 1 fully saturated rings. The highest BCUT2D eigenvalue weighted by Gasteiger charge is 2.25. The second kappa shape index (κ2) is 6.88. The van der Waals surface area contributed by atoms with Crippen LogP contribution in [0.1, 0.15) is 39.4 Å². The van der Waals surface area contributed by atoms with Gasteiger partial charge in [-0.15, -0.1) is 0 Å². The fraction of sp³-hybridized carbons (Fsp3) is 0.733. The molecule has 0 radical (unpaired) electrons. The average molecular weight is 278 g/mol. The van der Waals surface area contributed by atoms with Crippen LogP contribution in [0, 0.1) is 5.92 Å². The van der Waals surface area contributed by atoms with Crippen LogP contribution in [0.15, 0.2) is 10.9 Å². The van der Waals surface area contributed by atoms with Crippen LogP contribution in [0.25, 0.3) is 0 Å². The van der Waals surface area contributed by atoms with Crippen molar-refractivity contribution in [3.8, 4) is 0 Å². The van der Waals surface area contributed by atoms with Gasteiger partial charge in [-0.1, -0.05) is 13.8 Å². The zero-order valence-electron chi connectivity index (χ0n) is 12.8. The Morgan fingerprint density at radius 1 is 1.55 bits per heavy atom. The summed E-state index contributed by atoms with van der Waals surface area (Å²) in [5.74, 6) is 2.23.